The molecule has 3 rings (SSSR count). The fourth-order valence-corrected chi connectivity index (χ4v) is 3.15. The molecule has 1 saturated heterocycles. The molecule has 1 heterocycles. The van der Waals surface area contributed by atoms with E-state index >= 15 is 0 Å². The molecular weight excluding hydrogens is 361 g/mol. The van der Waals surface area contributed by atoms with Crippen molar-refractivity contribution in [2.24, 2.45) is 0 Å². The van der Waals surface area contributed by atoms with Crippen LogP contribution in [0.1, 0.15) is 5.56 Å². The van der Waals surface area contributed by atoms with Gasteiger partial charge in [0.1, 0.15) is 11.6 Å². The van der Waals surface area contributed by atoms with Crippen LogP contribution < -0.4 is 9.64 Å². The van der Waals surface area contributed by atoms with Gasteiger partial charge in [-0.1, -0.05) is 30.3 Å². The maximum atomic E-state index is 13.9. The first-order valence-corrected chi connectivity index (χ1v) is 8.25. The zero-order valence-electron chi connectivity index (χ0n) is 13.2. The van der Waals surface area contributed by atoms with Crippen LogP contribution in [-0.2, 0) is 9.59 Å². The monoisotopic (exact) mass is 373 g/mol. The lowest BCUT2D eigenvalue weighted by Crippen LogP contribution is -2.28. The Morgan fingerprint density at radius 1 is 1.15 bits per heavy atom. The predicted octanol–water partition coefficient (Wildman–Crippen LogP) is 3.53. The van der Waals surface area contributed by atoms with Crippen LogP contribution >= 0.6 is 11.8 Å². The number of aliphatic carboxylic acids is 1. The number of para-hydroxylation sites is 2. The lowest BCUT2D eigenvalue weighted by Gasteiger charge is -2.13. The summed E-state index contributed by atoms with van der Waals surface area (Å²) in [5.74, 6) is -2.22. The van der Waals surface area contributed by atoms with Crippen LogP contribution in [0.25, 0.3) is 6.08 Å². The number of thioether (sulfide) groups is 1. The van der Waals surface area contributed by atoms with Crippen molar-refractivity contribution in [1.29, 1.82) is 0 Å². The minimum atomic E-state index is -1.14. The predicted molar refractivity (Wildman–Crippen MR) is 94.4 cm³/mol. The number of imide groups is 1. The van der Waals surface area contributed by atoms with Crippen LogP contribution in [0, 0.1) is 5.82 Å². The molecule has 132 valence electrons. The maximum absolute atomic E-state index is 13.9. The van der Waals surface area contributed by atoms with Crippen LogP contribution in [0.5, 0.6) is 5.75 Å². The van der Waals surface area contributed by atoms with E-state index in [1.807, 2.05) is 0 Å². The zero-order valence-corrected chi connectivity index (χ0v) is 14.0. The number of ether oxygens (including phenoxy) is 1. The average Bonchev–Trinajstić information content (AvgIpc) is 2.88. The first-order valence-electron chi connectivity index (χ1n) is 7.43. The first kappa shape index (κ1) is 17.7. The number of rotatable bonds is 5. The lowest BCUT2D eigenvalue weighted by molar-refractivity contribution is -0.139. The van der Waals surface area contributed by atoms with E-state index in [0.29, 0.717) is 17.3 Å². The molecule has 2 amide bonds. The fraction of sp³-hybridized carbons (Fsp3) is 0.0556. The Morgan fingerprint density at radius 3 is 2.58 bits per heavy atom. The van der Waals surface area contributed by atoms with Gasteiger partial charge in [-0.2, -0.15) is 0 Å². The molecule has 0 unspecified atom stereocenters. The summed E-state index contributed by atoms with van der Waals surface area (Å²) in [5, 5.41) is 8.11. The Kier molecular flexibility index (Phi) is 5.04. The van der Waals surface area contributed by atoms with Gasteiger partial charge in [0.2, 0.25) is 0 Å². The van der Waals surface area contributed by atoms with E-state index in [2.05, 4.69) is 0 Å². The van der Waals surface area contributed by atoms with Crippen LogP contribution in [0.3, 0.4) is 0 Å². The van der Waals surface area contributed by atoms with Crippen LogP contribution in [0.2, 0.25) is 0 Å². The number of hydrogen-bond donors (Lipinski definition) is 1. The number of anilines is 1. The van der Waals surface area contributed by atoms with Gasteiger partial charge < -0.3 is 9.84 Å². The quantitative estimate of drug-likeness (QED) is 0.807. The summed E-state index contributed by atoms with van der Waals surface area (Å²) in [7, 11) is 0. The molecule has 8 heteroatoms. The summed E-state index contributed by atoms with van der Waals surface area (Å²) in [5.41, 5.74) is 0.321. The number of carboxylic acid groups (broad SMARTS) is 1. The number of halogens is 1. The number of carbonyl (C=O) groups is 3. The van der Waals surface area contributed by atoms with E-state index < -0.39 is 29.5 Å². The third kappa shape index (κ3) is 3.60. The van der Waals surface area contributed by atoms with Gasteiger partial charge in [0.15, 0.2) is 6.61 Å². The number of nitrogens with zero attached hydrogens (tertiary/aromatic N) is 1. The standard InChI is InChI=1S/C18H12FNO5S/c19-12-6-2-3-7-13(12)20-17(23)15(26-18(20)24)9-11-5-1-4-8-14(11)25-10-16(21)22/h1-9H,10H2,(H,21,22)/b15-9+. The summed E-state index contributed by atoms with van der Waals surface area (Å²) < 4.78 is 19.1. The molecule has 0 aromatic heterocycles. The molecule has 1 N–H and O–H groups in total. The summed E-state index contributed by atoms with van der Waals surface area (Å²) in [6.45, 7) is -0.540. The smallest absolute Gasteiger partial charge is 0.341 e. The number of carboxylic acids is 1. The van der Waals surface area contributed by atoms with Crippen molar-refractivity contribution < 1.29 is 28.6 Å². The molecule has 0 bridgehead atoms. The molecule has 2 aromatic rings. The van der Waals surface area contributed by atoms with Crippen LogP contribution in [-0.4, -0.2) is 28.8 Å². The molecule has 0 atom stereocenters. The lowest BCUT2D eigenvalue weighted by atomic mass is 10.2. The number of hydrogen-bond acceptors (Lipinski definition) is 5. The van der Waals surface area contributed by atoms with Gasteiger partial charge in [-0.25, -0.2) is 14.1 Å². The number of benzene rings is 2. The van der Waals surface area contributed by atoms with E-state index in [-0.39, 0.29) is 16.3 Å². The average molecular weight is 373 g/mol. The highest BCUT2D eigenvalue weighted by molar-refractivity contribution is 8.19. The number of amides is 2. The molecule has 26 heavy (non-hydrogen) atoms. The van der Waals surface area contributed by atoms with Gasteiger partial charge >= 0.3 is 5.97 Å². The molecule has 6 nitrogen and oxygen atoms in total. The normalized spacial score (nSPS) is 15.6. The Hall–Kier alpha value is -3.13. The largest absolute Gasteiger partial charge is 0.481 e. The van der Waals surface area contributed by atoms with Gasteiger partial charge in [-0.05, 0) is 36.0 Å². The van der Waals surface area contributed by atoms with Crippen molar-refractivity contribution in [3.8, 4) is 5.75 Å². The van der Waals surface area contributed by atoms with Crippen LogP contribution in [0.4, 0.5) is 14.9 Å². The molecule has 1 aliphatic rings. The molecule has 1 aliphatic heterocycles. The summed E-state index contributed by atoms with van der Waals surface area (Å²) in [6.07, 6.45) is 1.42. The second kappa shape index (κ2) is 7.40. The molecular formula is C18H12FNO5S. The van der Waals surface area contributed by atoms with Crippen molar-refractivity contribution in [3.05, 3.63) is 64.8 Å². The van der Waals surface area contributed by atoms with E-state index in [4.69, 9.17) is 9.84 Å². The van der Waals surface area contributed by atoms with Crippen molar-refractivity contribution in [1.82, 2.24) is 0 Å². The van der Waals surface area contributed by atoms with E-state index in [9.17, 15) is 18.8 Å². The Labute approximate surface area is 151 Å². The summed E-state index contributed by atoms with van der Waals surface area (Å²) in [4.78, 5) is 36.3. The second-order valence-electron chi connectivity index (χ2n) is 5.19. The topological polar surface area (TPSA) is 83.9 Å². The highest BCUT2D eigenvalue weighted by atomic mass is 32.2. The van der Waals surface area contributed by atoms with Crippen molar-refractivity contribution in [2.45, 2.75) is 0 Å². The van der Waals surface area contributed by atoms with Gasteiger partial charge in [-0.15, -0.1) is 0 Å². The Bertz CT molecular complexity index is 927. The fourth-order valence-electron chi connectivity index (χ4n) is 2.32. The minimum absolute atomic E-state index is 0.0876. The first-order chi connectivity index (χ1) is 12.5. The van der Waals surface area contributed by atoms with Crippen molar-refractivity contribution in [2.75, 3.05) is 11.5 Å². The third-order valence-corrected chi connectivity index (χ3v) is 4.31. The molecule has 0 aliphatic carbocycles. The minimum Gasteiger partial charge on any atom is -0.481 e. The molecule has 0 spiro atoms. The Morgan fingerprint density at radius 2 is 1.85 bits per heavy atom. The van der Waals surface area contributed by atoms with E-state index in [0.717, 1.165) is 11.0 Å². The van der Waals surface area contributed by atoms with E-state index in [1.165, 1.54) is 24.3 Å². The molecule has 0 saturated carbocycles. The summed E-state index contributed by atoms with van der Waals surface area (Å²) in [6, 6.07) is 12.0. The highest BCUT2D eigenvalue weighted by Crippen LogP contribution is 2.37. The number of carbonyl (C=O) groups excluding carboxylic acids is 2. The van der Waals surface area contributed by atoms with Crippen molar-refractivity contribution in [3.63, 3.8) is 0 Å². The molecule has 0 radical (unpaired) electrons. The second-order valence-corrected chi connectivity index (χ2v) is 6.18. The van der Waals surface area contributed by atoms with Gasteiger partial charge in [0, 0.05) is 5.56 Å². The zero-order chi connectivity index (χ0) is 18.7. The van der Waals surface area contributed by atoms with Crippen molar-refractivity contribution >= 4 is 40.6 Å². The van der Waals surface area contributed by atoms with Gasteiger partial charge in [-0.3, -0.25) is 9.59 Å². The SMILES string of the molecule is O=C(O)COc1ccccc1/C=C1/SC(=O)N(c2ccccc2F)C1=O. The van der Waals surface area contributed by atoms with Crippen LogP contribution in [0.15, 0.2) is 53.4 Å². The van der Waals surface area contributed by atoms with Gasteiger partial charge in [0.05, 0.1) is 10.6 Å². The molecule has 2 aromatic carbocycles. The Balaban J connectivity index is 1.92. The third-order valence-electron chi connectivity index (χ3n) is 3.44. The summed E-state index contributed by atoms with van der Waals surface area (Å²) >= 11 is 0.673. The van der Waals surface area contributed by atoms with E-state index in [1.54, 1.807) is 24.3 Å². The maximum Gasteiger partial charge on any atom is 0.341 e. The van der Waals surface area contributed by atoms with Gasteiger partial charge in [0.25, 0.3) is 11.1 Å². The highest BCUT2D eigenvalue weighted by Gasteiger charge is 2.37. The molecule has 1 fully saturated rings.